The molecule has 1 aromatic heterocycles. The lowest BCUT2D eigenvalue weighted by Crippen LogP contribution is -2.37. The number of carboxylic acids is 1. The minimum absolute atomic E-state index is 0.422. The monoisotopic (exact) mass is 256 g/mol. The average Bonchev–Trinajstić information content (AvgIpc) is 2.68. The number of aryl methyl sites for hydroxylation is 1. The van der Waals surface area contributed by atoms with Crippen LogP contribution in [-0.4, -0.2) is 28.6 Å². The van der Waals surface area contributed by atoms with E-state index in [-0.39, 0.29) is 0 Å². The minimum Gasteiger partial charge on any atom is -0.480 e. The van der Waals surface area contributed by atoms with Crippen LogP contribution in [0.1, 0.15) is 36.9 Å². The van der Waals surface area contributed by atoms with E-state index in [0.717, 1.165) is 30.0 Å². The van der Waals surface area contributed by atoms with Crippen molar-refractivity contribution in [2.45, 2.75) is 45.6 Å². The number of nitrogens with one attached hydrogen (secondary N) is 1. The van der Waals surface area contributed by atoms with Crippen LogP contribution in [-0.2, 0) is 11.2 Å². The number of carboxylic acid groups (broad SMARTS) is 1. The second-order valence-electron chi connectivity index (χ2n) is 4.10. The van der Waals surface area contributed by atoms with Gasteiger partial charge in [0.05, 0.1) is 10.7 Å². The summed E-state index contributed by atoms with van der Waals surface area (Å²) in [5, 5.41) is 15.2. The topological polar surface area (TPSA) is 62.2 Å². The van der Waals surface area contributed by atoms with Gasteiger partial charge in [-0.05, 0) is 13.3 Å². The van der Waals surface area contributed by atoms with E-state index in [2.05, 4.69) is 17.2 Å². The van der Waals surface area contributed by atoms with Crippen LogP contribution in [0.5, 0.6) is 0 Å². The third-order valence-electron chi connectivity index (χ3n) is 2.58. The van der Waals surface area contributed by atoms with E-state index < -0.39 is 12.0 Å². The molecule has 0 spiro atoms. The molecule has 0 aliphatic carbocycles. The third kappa shape index (κ3) is 5.28. The van der Waals surface area contributed by atoms with Gasteiger partial charge in [0.2, 0.25) is 0 Å². The summed E-state index contributed by atoms with van der Waals surface area (Å²) in [5.41, 5.74) is 1.04. The molecule has 1 unspecified atom stereocenters. The smallest absolute Gasteiger partial charge is 0.320 e. The van der Waals surface area contributed by atoms with E-state index in [1.165, 1.54) is 0 Å². The molecule has 0 radical (unpaired) electrons. The Kier molecular flexibility index (Phi) is 6.15. The van der Waals surface area contributed by atoms with E-state index in [9.17, 15) is 4.79 Å². The highest BCUT2D eigenvalue weighted by atomic mass is 32.1. The maximum atomic E-state index is 11.0. The van der Waals surface area contributed by atoms with Crippen LogP contribution in [0.4, 0.5) is 0 Å². The molecule has 0 bridgehead atoms. The molecule has 1 aromatic rings. The van der Waals surface area contributed by atoms with Crippen molar-refractivity contribution in [3.8, 4) is 0 Å². The number of aliphatic carboxylic acids is 1. The molecule has 0 aromatic carbocycles. The fourth-order valence-electron chi connectivity index (χ4n) is 1.62. The van der Waals surface area contributed by atoms with Gasteiger partial charge in [-0.1, -0.05) is 19.8 Å². The second-order valence-corrected chi connectivity index (χ2v) is 5.16. The SMILES string of the molecule is CCCCC(NCCc1csc(C)n1)C(=O)O. The zero-order valence-electron chi connectivity index (χ0n) is 10.4. The van der Waals surface area contributed by atoms with Gasteiger partial charge < -0.3 is 10.4 Å². The van der Waals surface area contributed by atoms with Gasteiger partial charge in [-0.2, -0.15) is 0 Å². The third-order valence-corrected chi connectivity index (χ3v) is 3.41. The molecular weight excluding hydrogens is 236 g/mol. The highest BCUT2D eigenvalue weighted by molar-refractivity contribution is 7.09. The Labute approximate surface area is 106 Å². The van der Waals surface area contributed by atoms with Crippen molar-refractivity contribution in [1.82, 2.24) is 10.3 Å². The first-order valence-corrected chi connectivity index (χ1v) is 6.88. The summed E-state index contributed by atoms with van der Waals surface area (Å²) in [6.45, 7) is 4.71. The first-order valence-electron chi connectivity index (χ1n) is 6.00. The summed E-state index contributed by atoms with van der Waals surface area (Å²) in [4.78, 5) is 15.3. The Hall–Kier alpha value is -0.940. The van der Waals surface area contributed by atoms with Gasteiger partial charge in [-0.3, -0.25) is 4.79 Å². The van der Waals surface area contributed by atoms with Crippen molar-refractivity contribution in [2.24, 2.45) is 0 Å². The number of hydrogen-bond acceptors (Lipinski definition) is 4. The zero-order chi connectivity index (χ0) is 12.7. The lowest BCUT2D eigenvalue weighted by atomic mass is 10.1. The average molecular weight is 256 g/mol. The maximum absolute atomic E-state index is 11.0. The van der Waals surface area contributed by atoms with Crippen LogP contribution < -0.4 is 5.32 Å². The number of carbonyl (C=O) groups is 1. The van der Waals surface area contributed by atoms with Gasteiger partial charge in [-0.15, -0.1) is 11.3 Å². The first-order chi connectivity index (χ1) is 8.13. The molecule has 0 aliphatic rings. The molecule has 0 saturated carbocycles. The standard InChI is InChI=1S/C12H20N2O2S/c1-3-4-5-11(12(15)16)13-7-6-10-8-17-9(2)14-10/h8,11,13H,3-7H2,1-2H3,(H,15,16). The minimum atomic E-state index is -0.757. The predicted octanol–water partition coefficient (Wildman–Crippen LogP) is 2.23. The Bertz CT molecular complexity index is 352. The maximum Gasteiger partial charge on any atom is 0.320 e. The highest BCUT2D eigenvalue weighted by Gasteiger charge is 2.15. The van der Waals surface area contributed by atoms with Crippen molar-refractivity contribution in [3.63, 3.8) is 0 Å². The number of thiazole rings is 1. The number of nitrogens with zero attached hydrogens (tertiary/aromatic N) is 1. The van der Waals surface area contributed by atoms with Crippen LogP contribution in [0.3, 0.4) is 0 Å². The van der Waals surface area contributed by atoms with Crippen molar-refractivity contribution in [2.75, 3.05) is 6.54 Å². The molecular formula is C12H20N2O2S. The van der Waals surface area contributed by atoms with E-state index in [1.54, 1.807) is 11.3 Å². The Balaban J connectivity index is 2.29. The highest BCUT2D eigenvalue weighted by Crippen LogP contribution is 2.08. The molecule has 0 aliphatic heterocycles. The molecule has 2 N–H and O–H groups in total. The Morgan fingerprint density at radius 1 is 1.65 bits per heavy atom. The molecule has 1 atom stereocenters. The van der Waals surface area contributed by atoms with Crippen LogP contribution >= 0.6 is 11.3 Å². The van der Waals surface area contributed by atoms with Crippen molar-refractivity contribution < 1.29 is 9.90 Å². The van der Waals surface area contributed by atoms with Crippen LogP contribution in [0.15, 0.2) is 5.38 Å². The van der Waals surface area contributed by atoms with E-state index in [0.29, 0.717) is 13.0 Å². The fraction of sp³-hybridized carbons (Fsp3) is 0.667. The van der Waals surface area contributed by atoms with Gasteiger partial charge in [0, 0.05) is 18.3 Å². The fourth-order valence-corrected chi connectivity index (χ4v) is 2.27. The lowest BCUT2D eigenvalue weighted by Gasteiger charge is -2.13. The Morgan fingerprint density at radius 2 is 2.41 bits per heavy atom. The summed E-state index contributed by atoms with van der Waals surface area (Å²) in [5.74, 6) is -0.757. The quantitative estimate of drug-likeness (QED) is 0.748. The van der Waals surface area contributed by atoms with Gasteiger partial charge in [-0.25, -0.2) is 4.98 Å². The number of unbranched alkanes of at least 4 members (excludes halogenated alkanes) is 1. The number of hydrogen-bond donors (Lipinski definition) is 2. The summed E-state index contributed by atoms with van der Waals surface area (Å²) in [6.07, 6.45) is 3.46. The molecule has 0 amide bonds. The number of aromatic nitrogens is 1. The van der Waals surface area contributed by atoms with Gasteiger partial charge in [0.1, 0.15) is 6.04 Å². The molecule has 5 heteroatoms. The summed E-state index contributed by atoms with van der Waals surface area (Å²) >= 11 is 1.63. The van der Waals surface area contributed by atoms with Crippen molar-refractivity contribution in [3.05, 3.63) is 16.1 Å². The summed E-state index contributed by atoms with van der Waals surface area (Å²) < 4.78 is 0. The molecule has 0 saturated heterocycles. The van der Waals surface area contributed by atoms with Crippen LogP contribution in [0, 0.1) is 6.92 Å². The molecule has 17 heavy (non-hydrogen) atoms. The lowest BCUT2D eigenvalue weighted by molar-refractivity contribution is -0.139. The molecule has 4 nitrogen and oxygen atoms in total. The van der Waals surface area contributed by atoms with Gasteiger partial charge in [0.25, 0.3) is 0 Å². The van der Waals surface area contributed by atoms with E-state index in [4.69, 9.17) is 5.11 Å². The number of rotatable bonds is 8. The summed E-state index contributed by atoms with van der Waals surface area (Å²) in [7, 11) is 0. The normalized spacial score (nSPS) is 12.6. The summed E-state index contributed by atoms with van der Waals surface area (Å²) in [6, 6.07) is -0.422. The van der Waals surface area contributed by atoms with E-state index >= 15 is 0 Å². The van der Waals surface area contributed by atoms with Gasteiger partial charge in [0.15, 0.2) is 0 Å². The van der Waals surface area contributed by atoms with Crippen LogP contribution in [0.25, 0.3) is 0 Å². The van der Waals surface area contributed by atoms with Crippen molar-refractivity contribution in [1.29, 1.82) is 0 Å². The molecule has 96 valence electrons. The predicted molar refractivity (Wildman–Crippen MR) is 69.5 cm³/mol. The largest absolute Gasteiger partial charge is 0.480 e. The van der Waals surface area contributed by atoms with Crippen molar-refractivity contribution >= 4 is 17.3 Å². The molecule has 1 rings (SSSR count). The molecule has 1 heterocycles. The Morgan fingerprint density at radius 3 is 2.94 bits per heavy atom. The zero-order valence-corrected chi connectivity index (χ0v) is 11.2. The van der Waals surface area contributed by atoms with E-state index in [1.807, 2.05) is 12.3 Å². The molecule has 0 fully saturated rings. The second kappa shape index (κ2) is 7.40. The van der Waals surface area contributed by atoms with Gasteiger partial charge >= 0.3 is 5.97 Å². The first kappa shape index (κ1) is 14.1. The van der Waals surface area contributed by atoms with Crippen LogP contribution in [0.2, 0.25) is 0 Å².